The molecule has 1 N–H and O–H groups in total. The molecule has 1 atom stereocenters. The lowest BCUT2D eigenvalue weighted by Crippen LogP contribution is -2.30. The summed E-state index contributed by atoms with van der Waals surface area (Å²) in [5.74, 6) is 0.794. The fraction of sp³-hybridized carbons (Fsp3) is 0.643. The molecule has 0 saturated carbocycles. The zero-order valence-corrected chi connectivity index (χ0v) is 12.8. The molecule has 0 bridgehead atoms. The van der Waals surface area contributed by atoms with E-state index < -0.39 is 0 Å². The van der Waals surface area contributed by atoms with Crippen molar-refractivity contribution in [3.63, 3.8) is 0 Å². The second-order valence-corrected chi connectivity index (χ2v) is 6.26. The van der Waals surface area contributed by atoms with Crippen molar-refractivity contribution < 1.29 is 0 Å². The lowest BCUT2D eigenvalue weighted by Gasteiger charge is -2.20. The monoisotopic (exact) mass is 311 g/mol. The SMILES string of the molecule is CC(C)N1CCC(CNCc2ccc(Br)cn2)C1. The molecule has 1 aromatic rings. The maximum Gasteiger partial charge on any atom is 0.0542 e. The van der Waals surface area contributed by atoms with Gasteiger partial charge in [-0.05, 0) is 67.3 Å². The number of hydrogen-bond acceptors (Lipinski definition) is 3. The van der Waals surface area contributed by atoms with Crippen molar-refractivity contribution >= 4 is 15.9 Å². The van der Waals surface area contributed by atoms with Crippen LogP contribution in [0.25, 0.3) is 0 Å². The molecule has 0 radical (unpaired) electrons. The average molecular weight is 312 g/mol. The molecular formula is C14H22BrN3. The number of rotatable bonds is 5. The van der Waals surface area contributed by atoms with Crippen LogP contribution in [0.2, 0.25) is 0 Å². The molecule has 2 rings (SSSR count). The number of likely N-dealkylation sites (tertiary alicyclic amines) is 1. The summed E-state index contributed by atoms with van der Waals surface area (Å²) in [5.41, 5.74) is 1.11. The molecule has 1 aliphatic heterocycles. The van der Waals surface area contributed by atoms with E-state index >= 15 is 0 Å². The van der Waals surface area contributed by atoms with E-state index in [0.717, 1.165) is 29.2 Å². The molecule has 1 aromatic heterocycles. The second kappa shape index (κ2) is 6.64. The molecule has 0 aromatic carbocycles. The van der Waals surface area contributed by atoms with Crippen LogP contribution in [0.15, 0.2) is 22.8 Å². The number of nitrogens with one attached hydrogen (secondary N) is 1. The molecule has 1 saturated heterocycles. The largest absolute Gasteiger partial charge is 0.311 e. The summed E-state index contributed by atoms with van der Waals surface area (Å²) in [7, 11) is 0. The molecule has 0 spiro atoms. The Hall–Kier alpha value is -0.450. The fourth-order valence-corrected chi connectivity index (χ4v) is 2.65. The van der Waals surface area contributed by atoms with Gasteiger partial charge in [0, 0.05) is 29.8 Å². The number of hydrogen-bond donors (Lipinski definition) is 1. The van der Waals surface area contributed by atoms with Crippen molar-refractivity contribution in [2.75, 3.05) is 19.6 Å². The molecule has 1 unspecified atom stereocenters. The third-order valence-electron chi connectivity index (χ3n) is 3.58. The van der Waals surface area contributed by atoms with Crippen LogP contribution in [0.4, 0.5) is 0 Å². The van der Waals surface area contributed by atoms with E-state index in [4.69, 9.17) is 0 Å². The van der Waals surface area contributed by atoms with Gasteiger partial charge in [0.15, 0.2) is 0 Å². The first-order valence-corrected chi connectivity index (χ1v) is 7.49. The standard InChI is InChI=1S/C14H22BrN3/c1-11(2)18-6-5-12(10-18)7-16-9-14-4-3-13(15)8-17-14/h3-4,8,11-12,16H,5-7,9-10H2,1-2H3. The van der Waals surface area contributed by atoms with Crippen molar-refractivity contribution in [1.29, 1.82) is 0 Å². The zero-order chi connectivity index (χ0) is 13.0. The molecule has 0 amide bonds. The van der Waals surface area contributed by atoms with Gasteiger partial charge in [-0.25, -0.2) is 0 Å². The minimum Gasteiger partial charge on any atom is -0.311 e. The Morgan fingerprint density at radius 3 is 2.94 bits per heavy atom. The fourth-order valence-electron chi connectivity index (χ4n) is 2.41. The van der Waals surface area contributed by atoms with E-state index in [-0.39, 0.29) is 0 Å². The molecule has 18 heavy (non-hydrogen) atoms. The van der Waals surface area contributed by atoms with Gasteiger partial charge < -0.3 is 10.2 Å². The van der Waals surface area contributed by atoms with E-state index in [1.807, 2.05) is 12.3 Å². The van der Waals surface area contributed by atoms with Crippen molar-refractivity contribution in [3.8, 4) is 0 Å². The van der Waals surface area contributed by atoms with Gasteiger partial charge >= 0.3 is 0 Å². The Kier molecular flexibility index (Phi) is 5.15. The van der Waals surface area contributed by atoms with Crippen LogP contribution in [0.3, 0.4) is 0 Å². The first-order valence-electron chi connectivity index (χ1n) is 6.70. The highest BCUT2D eigenvalue weighted by Gasteiger charge is 2.23. The number of aromatic nitrogens is 1. The Morgan fingerprint density at radius 2 is 2.33 bits per heavy atom. The third-order valence-corrected chi connectivity index (χ3v) is 4.04. The molecule has 3 nitrogen and oxygen atoms in total. The smallest absolute Gasteiger partial charge is 0.0542 e. The normalized spacial score (nSPS) is 20.8. The van der Waals surface area contributed by atoms with Crippen molar-refractivity contribution in [2.45, 2.75) is 32.9 Å². The molecule has 100 valence electrons. The van der Waals surface area contributed by atoms with Gasteiger partial charge in [0.1, 0.15) is 0 Å². The summed E-state index contributed by atoms with van der Waals surface area (Å²) < 4.78 is 1.04. The van der Waals surface area contributed by atoms with Gasteiger partial charge in [-0.15, -0.1) is 0 Å². The zero-order valence-electron chi connectivity index (χ0n) is 11.2. The lowest BCUT2D eigenvalue weighted by atomic mass is 10.1. The van der Waals surface area contributed by atoms with Crippen LogP contribution in [0, 0.1) is 5.92 Å². The summed E-state index contributed by atoms with van der Waals surface area (Å²) in [5, 5.41) is 3.52. The minimum atomic E-state index is 0.683. The van der Waals surface area contributed by atoms with Gasteiger partial charge in [0.25, 0.3) is 0 Å². The number of pyridine rings is 1. The highest BCUT2D eigenvalue weighted by molar-refractivity contribution is 9.10. The minimum absolute atomic E-state index is 0.683. The summed E-state index contributed by atoms with van der Waals surface area (Å²) >= 11 is 3.40. The third kappa shape index (κ3) is 4.04. The molecule has 1 aliphatic rings. The number of halogens is 1. The summed E-state index contributed by atoms with van der Waals surface area (Å²) in [6.07, 6.45) is 3.17. The van der Waals surface area contributed by atoms with Crippen molar-refractivity contribution in [3.05, 3.63) is 28.5 Å². The Labute approximate surface area is 118 Å². The van der Waals surface area contributed by atoms with Gasteiger partial charge in [-0.3, -0.25) is 4.98 Å². The van der Waals surface area contributed by atoms with Crippen molar-refractivity contribution in [1.82, 2.24) is 15.2 Å². The Balaban J connectivity index is 1.68. The number of nitrogens with zero attached hydrogens (tertiary/aromatic N) is 2. The highest BCUT2D eigenvalue weighted by Crippen LogP contribution is 2.17. The molecule has 0 aliphatic carbocycles. The highest BCUT2D eigenvalue weighted by atomic mass is 79.9. The summed E-state index contributed by atoms with van der Waals surface area (Å²) in [4.78, 5) is 6.93. The van der Waals surface area contributed by atoms with Gasteiger partial charge in [-0.1, -0.05) is 0 Å². The molecule has 1 fully saturated rings. The summed E-state index contributed by atoms with van der Waals surface area (Å²) in [6, 6.07) is 4.79. The maximum absolute atomic E-state index is 4.37. The predicted octanol–water partition coefficient (Wildman–Crippen LogP) is 2.66. The molecule has 4 heteroatoms. The van der Waals surface area contributed by atoms with E-state index in [0.29, 0.717) is 6.04 Å². The first-order chi connectivity index (χ1) is 8.65. The first kappa shape index (κ1) is 14.0. The molecular weight excluding hydrogens is 290 g/mol. The predicted molar refractivity (Wildman–Crippen MR) is 78.5 cm³/mol. The van der Waals surface area contributed by atoms with E-state index in [2.05, 4.69) is 51.0 Å². The second-order valence-electron chi connectivity index (χ2n) is 5.34. The van der Waals surface area contributed by atoms with Crippen LogP contribution in [0.5, 0.6) is 0 Å². The van der Waals surface area contributed by atoms with Gasteiger partial charge in [0.05, 0.1) is 5.69 Å². The van der Waals surface area contributed by atoms with Crippen LogP contribution < -0.4 is 5.32 Å². The molecule has 2 heterocycles. The maximum atomic E-state index is 4.37. The topological polar surface area (TPSA) is 28.2 Å². The van der Waals surface area contributed by atoms with Crippen LogP contribution >= 0.6 is 15.9 Å². The van der Waals surface area contributed by atoms with Gasteiger partial charge in [0.2, 0.25) is 0 Å². The Bertz CT molecular complexity index is 364. The van der Waals surface area contributed by atoms with E-state index in [9.17, 15) is 0 Å². The van der Waals surface area contributed by atoms with E-state index in [1.54, 1.807) is 0 Å². The average Bonchev–Trinajstić information content (AvgIpc) is 2.81. The van der Waals surface area contributed by atoms with Crippen LogP contribution in [0.1, 0.15) is 26.0 Å². The van der Waals surface area contributed by atoms with Crippen molar-refractivity contribution in [2.24, 2.45) is 5.92 Å². The summed E-state index contributed by atoms with van der Waals surface area (Å²) in [6.45, 7) is 9.01. The van der Waals surface area contributed by atoms with Gasteiger partial charge in [-0.2, -0.15) is 0 Å². The Morgan fingerprint density at radius 1 is 1.50 bits per heavy atom. The van der Waals surface area contributed by atoms with Crippen LogP contribution in [-0.4, -0.2) is 35.6 Å². The van der Waals surface area contributed by atoms with E-state index in [1.165, 1.54) is 19.5 Å². The lowest BCUT2D eigenvalue weighted by molar-refractivity contribution is 0.264. The quantitative estimate of drug-likeness (QED) is 0.906. The van der Waals surface area contributed by atoms with Crippen LogP contribution in [-0.2, 0) is 6.54 Å².